The minimum Gasteiger partial charge on any atom is -0.338 e. The summed E-state index contributed by atoms with van der Waals surface area (Å²) in [6.45, 7) is 3.79. The van der Waals surface area contributed by atoms with Crippen molar-refractivity contribution in [2.75, 3.05) is 19.6 Å². The molecule has 1 atom stereocenters. The number of carbonyl (C=O) groups excluding carboxylic acids is 1. The molecule has 0 spiro atoms. The number of benzene rings is 2. The lowest BCUT2D eigenvalue weighted by molar-refractivity contribution is -0.384. The molecule has 4 rings (SSSR count). The lowest BCUT2D eigenvalue weighted by Crippen LogP contribution is -2.46. The minimum atomic E-state index is -0.361. The van der Waals surface area contributed by atoms with Crippen molar-refractivity contribution in [3.05, 3.63) is 75.3 Å². The van der Waals surface area contributed by atoms with Crippen LogP contribution in [-0.4, -0.2) is 40.3 Å². The highest BCUT2D eigenvalue weighted by Crippen LogP contribution is 2.25. The van der Waals surface area contributed by atoms with Gasteiger partial charge in [0, 0.05) is 38.3 Å². The van der Waals surface area contributed by atoms with Crippen molar-refractivity contribution in [1.82, 2.24) is 9.80 Å². The van der Waals surface area contributed by atoms with Gasteiger partial charge in [-0.25, -0.2) is 0 Å². The molecule has 0 unspecified atom stereocenters. The number of nitrogens with zero attached hydrogens (tertiary/aromatic N) is 3. The molecular weight excluding hydrogens is 354 g/mol. The monoisotopic (exact) mass is 379 g/mol. The number of hydrogen-bond donors (Lipinski definition) is 0. The molecule has 0 bridgehead atoms. The Hall–Kier alpha value is -2.73. The van der Waals surface area contributed by atoms with Crippen LogP contribution >= 0.6 is 0 Å². The molecule has 2 aliphatic heterocycles. The maximum absolute atomic E-state index is 13.1. The first kappa shape index (κ1) is 18.6. The van der Waals surface area contributed by atoms with Gasteiger partial charge in [0.05, 0.1) is 10.8 Å². The fourth-order valence-electron chi connectivity index (χ4n) is 4.37. The summed E-state index contributed by atoms with van der Waals surface area (Å²) < 4.78 is 0. The summed E-state index contributed by atoms with van der Waals surface area (Å²) in [5.41, 5.74) is 3.65. The topological polar surface area (TPSA) is 66.7 Å². The van der Waals surface area contributed by atoms with Gasteiger partial charge >= 0.3 is 0 Å². The first-order chi connectivity index (χ1) is 13.6. The summed E-state index contributed by atoms with van der Waals surface area (Å²) in [4.78, 5) is 28.0. The largest absolute Gasteiger partial charge is 0.338 e. The second-order valence-corrected chi connectivity index (χ2v) is 7.78. The van der Waals surface area contributed by atoms with E-state index in [1.165, 1.54) is 17.2 Å². The first-order valence-corrected chi connectivity index (χ1v) is 9.91. The van der Waals surface area contributed by atoms with Gasteiger partial charge < -0.3 is 4.90 Å². The Morgan fingerprint density at radius 1 is 1.11 bits per heavy atom. The van der Waals surface area contributed by atoms with E-state index < -0.39 is 0 Å². The molecule has 0 aliphatic carbocycles. The Morgan fingerprint density at radius 3 is 2.75 bits per heavy atom. The van der Waals surface area contributed by atoms with Gasteiger partial charge in [0.15, 0.2) is 0 Å². The molecule has 0 saturated carbocycles. The maximum atomic E-state index is 13.1. The highest BCUT2D eigenvalue weighted by Gasteiger charge is 2.31. The summed E-state index contributed by atoms with van der Waals surface area (Å²) >= 11 is 0. The van der Waals surface area contributed by atoms with E-state index in [0.29, 0.717) is 13.1 Å². The number of non-ortho nitro benzene ring substituents is 1. The molecule has 2 heterocycles. The molecule has 1 saturated heterocycles. The van der Waals surface area contributed by atoms with E-state index in [-0.39, 0.29) is 22.4 Å². The molecule has 1 amide bonds. The van der Waals surface area contributed by atoms with Crippen molar-refractivity contribution in [1.29, 1.82) is 0 Å². The van der Waals surface area contributed by atoms with Crippen LogP contribution in [0.2, 0.25) is 0 Å². The van der Waals surface area contributed by atoms with Crippen molar-refractivity contribution >= 4 is 11.6 Å². The van der Waals surface area contributed by atoms with Crippen LogP contribution in [0.25, 0.3) is 0 Å². The van der Waals surface area contributed by atoms with Crippen molar-refractivity contribution < 1.29 is 9.72 Å². The molecule has 2 aromatic rings. The summed E-state index contributed by atoms with van der Waals surface area (Å²) in [5, 5.41) is 11.0. The third-order valence-corrected chi connectivity index (χ3v) is 5.82. The van der Waals surface area contributed by atoms with Crippen LogP contribution in [-0.2, 0) is 24.3 Å². The standard InChI is InChI=1S/C22H25N3O3/c26-22(24-12-10-18-6-1-2-7-19(18)16-24)20-8-4-11-23(15-20)14-17-5-3-9-21(13-17)25(27)28/h1-3,5-7,9,13,20H,4,8,10-12,14-16H2/t20-/m1/s1. The van der Waals surface area contributed by atoms with Gasteiger partial charge in [0.25, 0.3) is 5.69 Å². The quantitative estimate of drug-likeness (QED) is 0.603. The Balaban J connectivity index is 1.39. The molecule has 0 aromatic heterocycles. The minimum absolute atomic E-state index is 0.0118. The van der Waals surface area contributed by atoms with E-state index in [4.69, 9.17) is 0 Å². The van der Waals surface area contributed by atoms with Gasteiger partial charge in [-0.3, -0.25) is 19.8 Å². The predicted octanol–water partition coefficient (Wildman–Crippen LogP) is 3.39. The van der Waals surface area contributed by atoms with Gasteiger partial charge in [-0.1, -0.05) is 36.4 Å². The Bertz CT molecular complexity index is 883. The molecule has 6 heteroatoms. The normalized spacial score (nSPS) is 19.9. The molecule has 2 aromatic carbocycles. The molecule has 1 fully saturated rings. The van der Waals surface area contributed by atoms with Gasteiger partial charge in [0.2, 0.25) is 5.91 Å². The van der Waals surface area contributed by atoms with Crippen LogP contribution in [0.5, 0.6) is 0 Å². The average Bonchev–Trinajstić information content (AvgIpc) is 2.73. The summed E-state index contributed by atoms with van der Waals surface area (Å²) in [5.74, 6) is 0.260. The van der Waals surface area contributed by atoms with E-state index in [0.717, 1.165) is 44.5 Å². The molecule has 28 heavy (non-hydrogen) atoms. The van der Waals surface area contributed by atoms with Crippen LogP contribution in [0, 0.1) is 16.0 Å². The van der Waals surface area contributed by atoms with Gasteiger partial charge in [-0.15, -0.1) is 0 Å². The molecule has 0 N–H and O–H groups in total. The van der Waals surface area contributed by atoms with Gasteiger partial charge in [0.1, 0.15) is 0 Å². The molecule has 2 aliphatic rings. The maximum Gasteiger partial charge on any atom is 0.269 e. The Labute approximate surface area is 164 Å². The third-order valence-electron chi connectivity index (χ3n) is 5.82. The molecule has 146 valence electrons. The van der Waals surface area contributed by atoms with Crippen LogP contribution in [0.4, 0.5) is 5.69 Å². The van der Waals surface area contributed by atoms with E-state index >= 15 is 0 Å². The number of amides is 1. The lowest BCUT2D eigenvalue weighted by atomic mass is 9.93. The molecule has 0 radical (unpaired) electrons. The van der Waals surface area contributed by atoms with Crippen molar-refractivity contribution in [2.45, 2.75) is 32.4 Å². The van der Waals surface area contributed by atoms with Crippen molar-refractivity contribution in [2.24, 2.45) is 5.92 Å². The van der Waals surface area contributed by atoms with Crippen LogP contribution in [0.3, 0.4) is 0 Å². The van der Waals surface area contributed by atoms with Crippen molar-refractivity contribution in [3.63, 3.8) is 0 Å². The fraction of sp³-hybridized carbons (Fsp3) is 0.409. The highest BCUT2D eigenvalue weighted by molar-refractivity contribution is 5.79. The number of rotatable bonds is 4. The second kappa shape index (κ2) is 8.10. The number of nitro benzene ring substituents is 1. The average molecular weight is 379 g/mol. The summed E-state index contributed by atoms with van der Waals surface area (Å²) in [6, 6.07) is 15.2. The summed E-state index contributed by atoms with van der Waals surface area (Å²) in [6.07, 6.45) is 2.82. The zero-order chi connectivity index (χ0) is 19.5. The lowest BCUT2D eigenvalue weighted by Gasteiger charge is -2.36. The number of likely N-dealkylation sites (tertiary alicyclic amines) is 1. The smallest absolute Gasteiger partial charge is 0.269 e. The Morgan fingerprint density at radius 2 is 1.93 bits per heavy atom. The number of carbonyl (C=O) groups is 1. The Kier molecular flexibility index (Phi) is 5.39. The van der Waals surface area contributed by atoms with Crippen molar-refractivity contribution in [3.8, 4) is 0 Å². The van der Waals surface area contributed by atoms with E-state index in [1.807, 2.05) is 17.0 Å². The summed E-state index contributed by atoms with van der Waals surface area (Å²) in [7, 11) is 0. The van der Waals surface area contributed by atoms with E-state index in [2.05, 4.69) is 23.1 Å². The third kappa shape index (κ3) is 4.07. The number of fused-ring (bicyclic) bond motifs is 1. The van der Waals surface area contributed by atoms with E-state index in [9.17, 15) is 14.9 Å². The van der Waals surface area contributed by atoms with Crippen LogP contribution in [0.15, 0.2) is 48.5 Å². The number of nitro groups is 1. The second-order valence-electron chi connectivity index (χ2n) is 7.78. The fourth-order valence-corrected chi connectivity index (χ4v) is 4.37. The zero-order valence-electron chi connectivity index (χ0n) is 15.9. The van der Waals surface area contributed by atoms with E-state index in [1.54, 1.807) is 12.1 Å². The van der Waals surface area contributed by atoms with Crippen LogP contribution in [0.1, 0.15) is 29.5 Å². The molecule has 6 nitrogen and oxygen atoms in total. The van der Waals surface area contributed by atoms with Gasteiger partial charge in [-0.05, 0) is 42.5 Å². The van der Waals surface area contributed by atoms with Gasteiger partial charge in [-0.2, -0.15) is 0 Å². The zero-order valence-corrected chi connectivity index (χ0v) is 15.9. The first-order valence-electron chi connectivity index (χ1n) is 9.91. The predicted molar refractivity (Wildman–Crippen MR) is 107 cm³/mol. The SMILES string of the molecule is O=C([C@@H]1CCCN(Cc2cccc([N+](=O)[O-])c2)C1)N1CCc2ccccc2C1. The molecular formula is C22H25N3O3. The number of hydrogen-bond acceptors (Lipinski definition) is 4. The van der Waals surface area contributed by atoms with Crippen LogP contribution < -0.4 is 0 Å². The number of piperidine rings is 1. The highest BCUT2D eigenvalue weighted by atomic mass is 16.6.